The van der Waals surface area contributed by atoms with Gasteiger partial charge in [-0.25, -0.2) is 0 Å². The molecule has 0 heterocycles. The Morgan fingerprint density at radius 2 is 1.76 bits per heavy atom. The van der Waals surface area contributed by atoms with Crippen molar-refractivity contribution >= 4 is 0 Å². The number of ether oxygens (including phenoxy) is 1. The van der Waals surface area contributed by atoms with Gasteiger partial charge in [0.2, 0.25) is 0 Å². The summed E-state index contributed by atoms with van der Waals surface area (Å²) in [5.74, 6) is 0. The molecule has 1 saturated carbocycles. The van der Waals surface area contributed by atoms with Crippen molar-refractivity contribution in [3.63, 3.8) is 0 Å². The van der Waals surface area contributed by atoms with Crippen LogP contribution in [-0.4, -0.2) is 24.8 Å². The molecule has 1 atom stereocenters. The van der Waals surface area contributed by atoms with E-state index in [0.29, 0.717) is 18.1 Å². The van der Waals surface area contributed by atoms with Gasteiger partial charge in [-0.05, 0) is 31.6 Å². The van der Waals surface area contributed by atoms with E-state index in [2.05, 4.69) is 32.2 Å². The van der Waals surface area contributed by atoms with Gasteiger partial charge < -0.3 is 4.74 Å². The van der Waals surface area contributed by atoms with E-state index in [1.807, 2.05) is 6.92 Å². The first-order valence-corrected chi connectivity index (χ1v) is 6.61. The maximum Gasteiger partial charge on any atom is 0.106 e. The lowest BCUT2D eigenvalue weighted by molar-refractivity contribution is 0.0957. The van der Waals surface area contributed by atoms with Crippen LogP contribution in [-0.2, 0) is 4.74 Å². The van der Waals surface area contributed by atoms with Crippen molar-refractivity contribution < 1.29 is 4.74 Å². The Kier molecular flexibility index (Phi) is 4.97. The van der Waals surface area contributed by atoms with E-state index in [-0.39, 0.29) is 0 Å². The molecule has 17 heavy (non-hydrogen) atoms. The highest BCUT2D eigenvalue weighted by molar-refractivity contribution is 5.06. The lowest BCUT2D eigenvalue weighted by atomic mass is 9.93. The average Bonchev–Trinajstić information content (AvgIpc) is 2.99. The summed E-state index contributed by atoms with van der Waals surface area (Å²) in [6.07, 6.45) is 4.25. The van der Waals surface area contributed by atoms with Crippen molar-refractivity contribution in [1.29, 1.82) is 5.26 Å². The largest absolute Gasteiger partial charge is 0.381 e. The molecule has 98 valence electrons. The second kappa shape index (κ2) is 5.84. The van der Waals surface area contributed by atoms with E-state index in [4.69, 9.17) is 4.74 Å². The van der Waals surface area contributed by atoms with Gasteiger partial charge in [-0.15, -0.1) is 0 Å². The van der Waals surface area contributed by atoms with Gasteiger partial charge in [0.25, 0.3) is 0 Å². The number of nitriles is 1. The molecule has 0 radical (unpaired) electrons. The first-order chi connectivity index (χ1) is 7.85. The van der Waals surface area contributed by atoms with Crippen LogP contribution in [0.15, 0.2) is 0 Å². The van der Waals surface area contributed by atoms with Crippen LogP contribution in [0.2, 0.25) is 0 Å². The highest BCUT2D eigenvalue weighted by Gasteiger charge is 2.32. The molecule has 0 bridgehead atoms. The number of nitrogens with one attached hydrogen (secondary N) is 1. The van der Waals surface area contributed by atoms with Crippen LogP contribution in [0.5, 0.6) is 0 Å². The third-order valence-corrected chi connectivity index (χ3v) is 3.09. The molecule has 0 aromatic rings. The predicted molar refractivity (Wildman–Crippen MR) is 69.7 cm³/mol. The predicted octanol–water partition coefficient (Wildman–Crippen LogP) is 2.86. The van der Waals surface area contributed by atoms with Gasteiger partial charge in [-0.1, -0.05) is 20.8 Å². The van der Waals surface area contributed by atoms with Gasteiger partial charge in [0, 0.05) is 25.7 Å². The van der Waals surface area contributed by atoms with Crippen molar-refractivity contribution in [1.82, 2.24) is 5.32 Å². The van der Waals surface area contributed by atoms with Crippen molar-refractivity contribution in [3.05, 3.63) is 0 Å². The van der Waals surface area contributed by atoms with Crippen LogP contribution in [0.3, 0.4) is 0 Å². The monoisotopic (exact) mass is 238 g/mol. The Labute approximate surface area is 106 Å². The molecule has 0 saturated heterocycles. The number of hydrogen-bond acceptors (Lipinski definition) is 3. The summed E-state index contributed by atoms with van der Waals surface area (Å²) in [5, 5.41) is 12.6. The van der Waals surface area contributed by atoms with Crippen LogP contribution in [0.1, 0.15) is 53.4 Å². The quantitative estimate of drug-likeness (QED) is 0.694. The zero-order valence-corrected chi connectivity index (χ0v) is 11.7. The summed E-state index contributed by atoms with van der Waals surface area (Å²) in [7, 11) is 0. The molecule has 0 aromatic carbocycles. The zero-order chi connectivity index (χ0) is 12.9. The van der Waals surface area contributed by atoms with Gasteiger partial charge in [-0.2, -0.15) is 5.26 Å². The van der Waals surface area contributed by atoms with Crippen molar-refractivity contribution in [3.8, 4) is 6.07 Å². The normalized spacial score (nSPS) is 19.7. The second-order valence-corrected chi connectivity index (χ2v) is 6.54. The molecule has 0 aromatic heterocycles. The average molecular weight is 238 g/mol. The van der Waals surface area contributed by atoms with E-state index in [0.717, 1.165) is 19.4 Å². The highest BCUT2D eigenvalue weighted by Crippen LogP contribution is 2.24. The molecular weight excluding hydrogens is 212 g/mol. The molecule has 1 rings (SSSR count). The van der Waals surface area contributed by atoms with E-state index < -0.39 is 5.54 Å². The lowest BCUT2D eigenvalue weighted by Crippen LogP contribution is -2.43. The van der Waals surface area contributed by atoms with Gasteiger partial charge in [-0.3, -0.25) is 5.32 Å². The Hall–Kier alpha value is -0.590. The summed E-state index contributed by atoms with van der Waals surface area (Å²) in [6.45, 7) is 10.1. The zero-order valence-electron chi connectivity index (χ0n) is 11.7. The van der Waals surface area contributed by atoms with Crippen LogP contribution < -0.4 is 5.32 Å². The first kappa shape index (κ1) is 14.5. The van der Waals surface area contributed by atoms with E-state index >= 15 is 0 Å². The summed E-state index contributed by atoms with van der Waals surface area (Å²) in [5.41, 5.74) is -0.0896. The Balaban J connectivity index is 2.13. The molecule has 0 aliphatic heterocycles. The molecule has 1 unspecified atom stereocenters. The van der Waals surface area contributed by atoms with E-state index in [9.17, 15) is 5.26 Å². The third kappa shape index (κ3) is 6.65. The third-order valence-electron chi connectivity index (χ3n) is 3.09. The molecule has 3 nitrogen and oxygen atoms in total. The Bertz CT molecular complexity index is 273. The molecular formula is C14H26N2O. The highest BCUT2D eigenvalue weighted by atomic mass is 16.5. The first-order valence-electron chi connectivity index (χ1n) is 6.61. The molecule has 3 heteroatoms. The summed E-state index contributed by atoms with van der Waals surface area (Å²) in [6, 6.07) is 2.93. The van der Waals surface area contributed by atoms with Gasteiger partial charge >= 0.3 is 0 Å². The topological polar surface area (TPSA) is 45.0 Å². The van der Waals surface area contributed by atoms with Crippen molar-refractivity contribution in [2.24, 2.45) is 5.41 Å². The molecule has 1 aliphatic rings. The molecule has 0 amide bonds. The van der Waals surface area contributed by atoms with Crippen LogP contribution in [0.4, 0.5) is 0 Å². The number of hydrogen-bond donors (Lipinski definition) is 1. The molecule has 1 fully saturated rings. The minimum Gasteiger partial charge on any atom is -0.381 e. The fraction of sp³-hybridized carbons (Fsp3) is 0.929. The van der Waals surface area contributed by atoms with Crippen LogP contribution in [0, 0.1) is 16.7 Å². The maximum absolute atomic E-state index is 9.18. The minimum atomic E-state index is -0.414. The van der Waals surface area contributed by atoms with Gasteiger partial charge in [0.1, 0.15) is 5.54 Å². The smallest absolute Gasteiger partial charge is 0.106 e. The van der Waals surface area contributed by atoms with Gasteiger partial charge in [0.15, 0.2) is 0 Å². The molecule has 0 spiro atoms. The SMILES string of the molecule is CC(C)(C)CCOCCC(C)(C#N)NC1CC1. The van der Waals surface area contributed by atoms with Crippen molar-refractivity contribution in [2.45, 2.75) is 65.0 Å². The lowest BCUT2D eigenvalue weighted by Gasteiger charge is -2.23. The standard InChI is InChI=1S/C14H26N2O/c1-13(2,3)7-9-17-10-8-14(4,11-15)16-12-5-6-12/h12,16H,5-10H2,1-4H3. The Morgan fingerprint density at radius 3 is 2.24 bits per heavy atom. The maximum atomic E-state index is 9.18. The van der Waals surface area contributed by atoms with Gasteiger partial charge in [0.05, 0.1) is 6.07 Å². The van der Waals surface area contributed by atoms with E-state index in [1.165, 1.54) is 12.8 Å². The second-order valence-electron chi connectivity index (χ2n) is 6.54. The minimum absolute atomic E-state index is 0.324. The molecule has 1 aliphatic carbocycles. The number of rotatable bonds is 7. The molecule has 1 N–H and O–H groups in total. The van der Waals surface area contributed by atoms with Crippen LogP contribution in [0.25, 0.3) is 0 Å². The van der Waals surface area contributed by atoms with Crippen molar-refractivity contribution in [2.75, 3.05) is 13.2 Å². The summed E-state index contributed by atoms with van der Waals surface area (Å²) in [4.78, 5) is 0. The summed E-state index contributed by atoms with van der Waals surface area (Å²) >= 11 is 0. The fourth-order valence-electron chi connectivity index (χ4n) is 1.60. The summed E-state index contributed by atoms with van der Waals surface area (Å²) < 4.78 is 5.62. The fourth-order valence-corrected chi connectivity index (χ4v) is 1.60. The number of nitrogens with zero attached hydrogens (tertiary/aromatic N) is 1. The Morgan fingerprint density at radius 1 is 1.18 bits per heavy atom. The van der Waals surface area contributed by atoms with Crippen LogP contribution >= 0.6 is 0 Å². The van der Waals surface area contributed by atoms with E-state index in [1.54, 1.807) is 0 Å².